The minimum absolute atomic E-state index is 0.126. The third-order valence-electron chi connectivity index (χ3n) is 4.47. The number of morpholine rings is 1. The van der Waals surface area contributed by atoms with E-state index in [9.17, 15) is 4.79 Å². The van der Waals surface area contributed by atoms with E-state index in [0.29, 0.717) is 19.1 Å². The number of nitrogens with one attached hydrogen (secondary N) is 2. The van der Waals surface area contributed by atoms with Crippen molar-refractivity contribution in [1.29, 1.82) is 0 Å². The van der Waals surface area contributed by atoms with E-state index in [2.05, 4.69) is 34.5 Å². The Labute approximate surface area is 128 Å². The zero-order valence-electron chi connectivity index (χ0n) is 13.4. The van der Waals surface area contributed by atoms with Crippen LogP contribution in [0, 0.1) is 0 Å². The van der Waals surface area contributed by atoms with E-state index in [0.717, 1.165) is 39.3 Å². The van der Waals surface area contributed by atoms with Crippen molar-refractivity contribution in [1.82, 2.24) is 20.4 Å². The molecule has 21 heavy (non-hydrogen) atoms. The van der Waals surface area contributed by atoms with Gasteiger partial charge in [-0.2, -0.15) is 0 Å². The Morgan fingerprint density at radius 2 is 2.14 bits per heavy atom. The quantitative estimate of drug-likeness (QED) is 0.693. The Morgan fingerprint density at radius 1 is 1.38 bits per heavy atom. The maximum Gasteiger partial charge on any atom is 0.221 e. The van der Waals surface area contributed by atoms with E-state index in [1.807, 2.05) is 0 Å². The van der Waals surface area contributed by atoms with Gasteiger partial charge in [0.05, 0.1) is 13.2 Å². The van der Waals surface area contributed by atoms with Crippen molar-refractivity contribution < 1.29 is 9.53 Å². The fourth-order valence-corrected chi connectivity index (χ4v) is 3.06. The SMILES string of the molecule is CN(C)C1CCN(CCNC(=O)CC2COCCN2)CC1. The normalized spacial score (nSPS) is 25.2. The summed E-state index contributed by atoms with van der Waals surface area (Å²) in [5, 5.41) is 6.33. The first-order chi connectivity index (χ1) is 10.1. The number of hydrogen-bond donors (Lipinski definition) is 2. The summed E-state index contributed by atoms with van der Waals surface area (Å²) in [6, 6.07) is 0.891. The van der Waals surface area contributed by atoms with E-state index in [4.69, 9.17) is 4.74 Å². The molecule has 0 saturated carbocycles. The maximum atomic E-state index is 11.9. The van der Waals surface area contributed by atoms with Crippen molar-refractivity contribution in [3.63, 3.8) is 0 Å². The Morgan fingerprint density at radius 3 is 2.76 bits per heavy atom. The van der Waals surface area contributed by atoms with Crippen molar-refractivity contribution in [3.8, 4) is 0 Å². The molecule has 0 aromatic rings. The lowest BCUT2D eigenvalue weighted by Gasteiger charge is -2.35. The van der Waals surface area contributed by atoms with Crippen LogP contribution in [-0.2, 0) is 9.53 Å². The number of likely N-dealkylation sites (tertiary alicyclic amines) is 1. The lowest BCUT2D eigenvalue weighted by molar-refractivity contribution is -0.122. The molecule has 6 heteroatoms. The highest BCUT2D eigenvalue weighted by Gasteiger charge is 2.20. The molecule has 122 valence electrons. The fourth-order valence-electron chi connectivity index (χ4n) is 3.06. The highest BCUT2D eigenvalue weighted by molar-refractivity contribution is 5.76. The van der Waals surface area contributed by atoms with Crippen LogP contribution in [0.4, 0.5) is 0 Å². The molecule has 0 aromatic heterocycles. The van der Waals surface area contributed by atoms with E-state index in [-0.39, 0.29) is 11.9 Å². The van der Waals surface area contributed by atoms with Crippen LogP contribution < -0.4 is 10.6 Å². The Hall–Kier alpha value is -0.690. The predicted molar refractivity (Wildman–Crippen MR) is 83.4 cm³/mol. The maximum absolute atomic E-state index is 11.9. The lowest BCUT2D eigenvalue weighted by atomic mass is 10.0. The predicted octanol–water partition coefficient (Wildman–Crippen LogP) is -0.493. The van der Waals surface area contributed by atoms with Crippen LogP contribution in [0.25, 0.3) is 0 Å². The molecule has 1 atom stereocenters. The number of ether oxygens (including phenoxy) is 1. The smallest absolute Gasteiger partial charge is 0.221 e. The van der Waals surface area contributed by atoms with Gasteiger partial charge in [-0.3, -0.25) is 4.79 Å². The Balaban J connectivity index is 1.54. The van der Waals surface area contributed by atoms with Crippen LogP contribution in [0.15, 0.2) is 0 Å². The second kappa shape index (κ2) is 8.68. The lowest BCUT2D eigenvalue weighted by Crippen LogP contribution is -2.46. The van der Waals surface area contributed by atoms with Gasteiger partial charge in [0.25, 0.3) is 0 Å². The molecule has 2 saturated heterocycles. The first-order valence-corrected chi connectivity index (χ1v) is 8.12. The van der Waals surface area contributed by atoms with Crippen molar-refractivity contribution in [2.24, 2.45) is 0 Å². The second-order valence-electron chi connectivity index (χ2n) is 6.32. The second-order valence-corrected chi connectivity index (χ2v) is 6.32. The summed E-state index contributed by atoms with van der Waals surface area (Å²) >= 11 is 0. The summed E-state index contributed by atoms with van der Waals surface area (Å²) in [5.41, 5.74) is 0. The summed E-state index contributed by atoms with van der Waals surface area (Å²) in [5.74, 6) is 0.126. The molecule has 2 heterocycles. The van der Waals surface area contributed by atoms with Gasteiger partial charge in [0.1, 0.15) is 0 Å². The number of rotatable bonds is 6. The molecule has 0 bridgehead atoms. The van der Waals surface area contributed by atoms with Gasteiger partial charge in [-0.25, -0.2) is 0 Å². The van der Waals surface area contributed by atoms with E-state index in [1.54, 1.807) is 0 Å². The van der Waals surface area contributed by atoms with Gasteiger partial charge in [0.15, 0.2) is 0 Å². The summed E-state index contributed by atoms with van der Waals surface area (Å²) in [4.78, 5) is 16.6. The zero-order valence-corrected chi connectivity index (χ0v) is 13.4. The third-order valence-corrected chi connectivity index (χ3v) is 4.47. The molecule has 1 unspecified atom stereocenters. The van der Waals surface area contributed by atoms with Crippen LogP contribution in [0.3, 0.4) is 0 Å². The van der Waals surface area contributed by atoms with Crippen LogP contribution in [0.5, 0.6) is 0 Å². The number of carbonyl (C=O) groups is 1. The molecule has 2 N–H and O–H groups in total. The zero-order chi connectivity index (χ0) is 15.1. The first kappa shape index (κ1) is 16.7. The topological polar surface area (TPSA) is 56.8 Å². The highest BCUT2D eigenvalue weighted by Crippen LogP contribution is 2.13. The monoisotopic (exact) mass is 298 g/mol. The van der Waals surface area contributed by atoms with E-state index in [1.165, 1.54) is 12.8 Å². The van der Waals surface area contributed by atoms with E-state index >= 15 is 0 Å². The van der Waals surface area contributed by atoms with Crippen molar-refractivity contribution in [2.45, 2.75) is 31.3 Å². The van der Waals surface area contributed by atoms with Gasteiger partial charge < -0.3 is 25.2 Å². The molecular weight excluding hydrogens is 268 g/mol. The van der Waals surface area contributed by atoms with Crippen LogP contribution in [-0.4, -0.2) is 87.8 Å². The van der Waals surface area contributed by atoms with Crippen LogP contribution in [0.2, 0.25) is 0 Å². The van der Waals surface area contributed by atoms with Gasteiger partial charge in [-0.15, -0.1) is 0 Å². The average molecular weight is 298 g/mol. The standard InChI is InChI=1S/C15H30N4O2/c1-18(2)14-3-7-19(8-4-14)9-5-17-15(20)11-13-12-21-10-6-16-13/h13-14,16H,3-12H2,1-2H3,(H,17,20). The van der Waals surface area contributed by atoms with Crippen LogP contribution in [0.1, 0.15) is 19.3 Å². The molecule has 0 aromatic carbocycles. The van der Waals surface area contributed by atoms with Crippen molar-refractivity contribution in [3.05, 3.63) is 0 Å². The minimum atomic E-state index is 0.126. The highest BCUT2D eigenvalue weighted by atomic mass is 16.5. The van der Waals surface area contributed by atoms with Gasteiger partial charge in [-0.05, 0) is 40.0 Å². The fraction of sp³-hybridized carbons (Fsp3) is 0.933. The Kier molecular flexibility index (Phi) is 6.89. The van der Waals surface area contributed by atoms with Crippen molar-refractivity contribution >= 4 is 5.91 Å². The molecule has 0 radical (unpaired) electrons. The minimum Gasteiger partial charge on any atom is -0.378 e. The van der Waals surface area contributed by atoms with Crippen molar-refractivity contribution in [2.75, 3.05) is 60.0 Å². The number of hydrogen-bond acceptors (Lipinski definition) is 5. The average Bonchev–Trinajstić information content (AvgIpc) is 2.49. The summed E-state index contributed by atoms with van der Waals surface area (Å²) in [6.45, 7) is 6.22. The number of nitrogens with zero attached hydrogens (tertiary/aromatic N) is 2. The number of carbonyl (C=O) groups excluding carboxylic acids is 1. The molecule has 2 rings (SSSR count). The van der Waals surface area contributed by atoms with Gasteiger partial charge in [0.2, 0.25) is 5.91 Å². The molecule has 1 amide bonds. The Bertz CT molecular complexity index is 311. The largest absolute Gasteiger partial charge is 0.378 e. The molecule has 2 fully saturated rings. The van der Waals surface area contributed by atoms with E-state index < -0.39 is 0 Å². The number of amides is 1. The van der Waals surface area contributed by atoms with Gasteiger partial charge >= 0.3 is 0 Å². The molecule has 2 aliphatic rings. The molecular formula is C15H30N4O2. The van der Waals surface area contributed by atoms with Crippen LogP contribution >= 0.6 is 0 Å². The summed E-state index contributed by atoms with van der Waals surface area (Å²) in [6.07, 6.45) is 2.97. The molecule has 2 aliphatic heterocycles. The molecule has 6 nitrogen and oxygen atoms in total. The third kappa shape index (κ3) is 5.90. The molecule has 0 aliphatic carbocycles. The van der Waals surface area contributed by atoms with Gasteiger partial charge in [0, 0.05) is 38.1 Å². The summed E-state index contributed by atoms with van der Waals surface area (Å²) < 4.78 is 5.36. The summed E-state index contributed by atoms with van der Waals surface area (Å²) in [7, 11) is 4.31. The molecule has 0 spiro atoms. The number of piperidine rings is 1. The van der Waals surface area contributed by atoms with Gasteiger partial charge in [-0.1, -0.05) is 0 Å². The first-order valence-electron chi connectivity index (χ1n) is 8.12.